The van der Waals surface area contributed by atoms with E-state index >= 15 is 0 Å². The highest BCUT2D eigenvalue weighted by Gasteiger charge is 2.23. The van der Waals surface area contributed by atoms with Crippen molar-refractivity contribution in [3.8, 4) is 0 Å². The molecule has 0 saturated carbocycles. The van der Waals surface area contributed by atoms with E-state index in [0.29, 0.717) is 39.2 Å². The van der Waals surface area contributed by atoms with Gasteiger partial charge in [0, 0.05) is 10.0 Å². The molecule has 0 fully saturated rings. The predicted octanol–water partition coefficient (Wildman–Crippen LogP) is 5.62. The number of aryl methyl sites for hydroxylation is 2. The molecule has 28 heavy (non-hydrogen) atoms. The monoisotopic (exact) mass is 457 g/mol. The van der Waals surface area contributed by atoms with E-state index in [1.54, 1.807) is 31.5 Å². The highest BCUT2D eigenvalue weighted by atomic mass is 35.5. The number of benzene rings is 2. The molecule has 2 aromatic carbocycles. The number of nitrogens with one attached hydrogen (secondary N) is 1. The number of anilines is 1. The van der Waals surface area contributed by atoms with Crippen molar-refractivity contribution in [1.82, 2.24) is 9.78 Å². The molecule has 0 saturated heterocycles. The van der Waals surface area contributed by atoms with E-state index in [4.69, 9.17) is 34.8 Å². The Balaban J connectivity index is 1.95. The molecule has 3 aromatic rings. The number of nitrogens with zero attached hydrogens (tertiary/aromatic N) is 2. The van der Waals surface area contributed by atoms with Crippen molar-refractivity contribution in [2.45, 2.75) is 32.2 Å². The lowest BCUT2D eigenvalue weighted by atomic mass is 10.2. The van der Waals surface area contributed by atoms with E-state index < -0.39 is 10.0 Å². The molecule has 148 valence electrons. The van der Waals surface area contributed by atoms with Gasteiger partial charge >= 0.3 is 0 Å². The number of rotatable bonds is 5. The van der Waals surface area contributed by atoms with E-state index in [0.717, 1.165) is 5.56 Å². The Morgan fingerprint density at radius 3 is 2.43 bits per heavy atom. The molecule has 9 heteroatoms. The van der Waals surface area contributed by atoms with Crippen LogP contribution in [-0.4, -0.2) is 18.2 Å². The van der Waals surface area contributed by atoms with Crippen molar-refractivity contribution in [2.75, 3.05) is 4.72 Å². The van der Waals surface area contributed by atoms with Crippen LogP contribution in [0.1, 0.15) is 22.5 Å². The topological polar surface area (TPSA) is 64.0 Å². The van der Waals surface area contributed by atoms with Crippen LogP contribution >= 0.6 is 34.8 Å². The van der Waals surface area contributed by atoms with Crippen molar-refractivity contribution >= 4 is 50.5 Å². The Bertz CT molecular complexity index is 1160. The summed E-state index contributed by atoms with van der Waals surface area (Å²) in [5.74, 6) is 0. The van der Waals surface area contributed by atoms with Crippen molar-refractivity contribution in [1.29, 1.82) is 0 Å². The van der Waals surface area contributed by atoms with Gasteiger partial charge in [0.1, 0.15) is 4.90 Å². The predicted molar refractivity (Wildman–Crippen MR) is 114 cm³/mol. The van der Waals surface area contributed by atoms with Crippen LogP contribution in [-0.2, 0) is 16.6 Å². The summed E-state index contributed by atoms with van der Waals surface area (Å²) >= 11 is 18.2. The Morgan fingerprint density at radius 2 is 1.75 bits per heavy atom. The molecule has 0 spiro atoms. The van der Waals surface area contributed by atoms with Gasteiger partial charge in [0.2, 0.25) is 0 Å². The molecule has 0 radical (unpaired) electrons. The zero-order valence-electron chi connectivity index (χ0n) is 15.4. The first-order valence-corrected chi connectivity index (χ1v) is 11.0. The average molecular weight is 459 g/mol. The second-order valence-electron chi connectivity index (χ2n) is 6.47. The van der Waals surface area contributed by atoms with Gasteiger partial charge in [-0.2, -0.15) is 5.10 Å². The van der Waals surface area contributed by atoms with Gasteiger partial charge in [-0.25, -0.2) is 8.42 Å². The van der Waals surface area contributed by atoms with E-state index in [9.17, 15) is 8.42 Å². The Labute approximate surface area is 179 Å². The number of halogens is 3. The van der Waals surface area contributed by atoms with Gasteiger partial charge in [0.25, 0.3) is 10.0 Å². The molecule has 1 aromatic heterocycles. The molecule has 0 unspecified atom stereocenters. The number of aromatic nitrogens is 2. The summed E-state index contributed by atoms with van der Waals surface area (Å²) in [6.07, 6.45) is 0. The molecule has 0 atom stereocenters. The first-order chi connectivity index (χ1) is 13.1. The van der Waals surface area contributed by atoms with Gasteiger partial charge in [0.15, 0.2) is 0 Å². The quantitative estimate of drug-likeness (QED) is 0.540. The first kappa shape index (κ1) is 21.0. The molecule has 0 amide bonds. The molecule has 5 nitrogen and oxygen atoms in total. The fourth-order valence-corrected chi connectivity index (χ4v) is 5.06. The van der Waals surface area contributed by atoms with Crippen LogP contribution < -0.4 is 4.72 Å². The van der Waals surface area contributed by atoms with Crippen LogP contribution in [0.15, 0.2) is 41.3 Å². The third-order valence-corrected chi connectivity index (χ3v) is 6.80. The van der Waals surface area contributed by atoms with E-state index in [1.807, 2.05) is 18.2 Å². The summed E-state index contributed by atoms with van der Waals surface area (Å²) in [6, 6.07) is 10.3. The molecular formula is C19H18Cl3N3O2S. The average Bonchev–Trinajstić information content (AvgIpc) is 2.85. The largest absolute Gasteiger partial charge is 0.276 e. The summed E-state index contributed by atoms with van der Waals surface area (Å²) in [6.45, 7) is 5.73. The lowest BCUT2D eigenvalue weighted by molar-refractivity contribution is 0.601. The standard InChI is InChI=1S/C19H18Cl3N3O2S/c1-11-7-18(17(22)9-16(11)21)28(26,27)24-19-12(2)23-25(13(19)3)10-14-5-4-6-15(20)8-14/h4-9,24H,10H2,1-3H3. The second kappa shape index (κ2) is 7.95. The summed E-state index contributed by atoms with van der Waals surface area (Å²) in [5.41, 5.74) is 3.25. The summed E-state index contributed by atoms with van der Waals surface area (Å²) in [4.78, 5) is -0.0301. The SMILES string of the molecule is Cc1cc(S(=O)(=O)Nc2c(C)nn(Cc3cccc(Cl)c3)c2C)c(Cl)cc1Cl. The van der Waals surface area contributed by atoms with Crippen molar-refractivity contribution < 1.29 is 8.42 Å². The minimum Gasteiger partial charge on any atom is -0.276 e. The Kier molecular flexibility index (Phi) is 5.96. The second-order valence-corrected chi connectivity index (χ2v) is 9.37. The van der Waals surface area contributed by atoms with Crippen molar-refractivity contribution in [2.24, 2.45) is 0 Å². The maximum atomic E-state index is 12.9. The molecule has 0 aliphatic heterocycles. The number of hydrogen-bond acceptors (Lipinski definition) is 3. The van der Waals surface area contributed by atoms with Crippen molar-refractivity contribution in [3.05, 3.63) is 74.0 Å². The molecule has 3 rings (SSSR count). The number of sulfonamides is 1. The fourth-order valence-electron chi connectivity index (χ4n) is 2.83. The first-order valence-electron chi connectivity index (χ1n) is 8.35. The summed E-state index contributed by atoms with van der Waals surface area (Å²) < 4.78 is 30.2. The third-order valence-electron chi connectivity index (χ3n) is 4.34. The molecule has 1 heterocycles. The van der Waals surface area contributed by atoms with Gasteiger partial charge in [-0.05, 0) is 56.2 Å². The van der Waals surface area contributed by atoms with Crippen LogP contribution in [0.2, 0.25) is 15.1 Å². The molecule has 0 aliphatic carbocycles. The minimum atomic E-state index is -3.91. The zero-order valence-corrected chi connectivity index (χ0v) is 18.5. The van der Waals surface area contributed by atoms with Crippen LogP contribution in [0.25, 0.3) is 0 Å². The van der Waals surface area contributed by atoms with Gasteiger partial charge in [-0.3, -0.25) is 9.40 Å². The normalized spacial score (nSPS) is 11.6. The smallest absolute Gasteiger partial charge is 0.263 e. The summed E-state index contributed by atoms with van der Waals surface area (Å²) in [7, 11) is -3.91. The Morgan fingerprint density at radius 1 is 1.04 bits per heavy atom. The molecule has 1 N–H and O–H groups in total. The van der Waals surface area contributed by atoms with Gasteiger partial charge in [-0.1, -0.05) is 46.9 Å². The zero-order chi connectivity index (χ0) is 20.6. The third kappa shape index (κ3) is 4.30. The fraction of sp³-hybridized carbons (Fsp3) is 0.211. The molecule has 0 bridgehead atoms. The van der Waals surface area contributed by atoms with Gasteiger partial charge < -0.3 is 0 Å². The van der Waals surface area contributed by atoms with E-state index in [-0.39, 0.29) is 9.92 Å². The van der Waals surface area contributed by atoms with E-state index in [2.05, 4.69) is 9.82 Å². The molecular weight excluding hydrogens is 441 g/mol. The van der Waals surface area contributed by atoms with E-state index in [1.165, 1.54) is 12.1 Å². The highest BCUT2D eigenvalue weighted by molar-refractivity contribution is 7.92. The lowest BCUT2D eigenvalue weighted by Gasteiger charge is -2.12. The Hall–Kier alpha value is -1.73. The maximum absolute atomic E-state index is 12.9. The van der Waals surface area contributed by atoms with Crippen LogP contribution in [0.3, 0.4) is 0 Å². The van der Waals surface area contributed by atoms with Crippen LogP contribution in [0, 0.1) is 20.8 Å². The minimum absolute atomic E-state index is 0.0301. The van der Waals surface area contributed by atoms with Crippen molar-refractivity contribution in [3.63, 3.8) is 0 Å². The maximum Gasteiger partial charge on any atom is 0.263 e. The van der Waals surface area contributed by atoms with Gasteiger partial charge in [-0.15, -0.1) is 0 Å². The van der Waals surface area contributed by atoms with Gasteiger partial charge in [0.05, 0.1) is 28.6 Å². The lowest BCUT2D eigenvalue weighted by Crippen LogP contribution is -2.15. The van der Waals surface area contributed by atoms with Crippen LogP contribution in [0.5, 0.6) is 0 Å². The van der Waals surface area contributed by atoms with Crippen LogP contribution in [0.4, 0.5) is 5.69 Å². The highest BCUT2D eigenvalue weighted by Crippen LogP contribution is 2.31. The summed E-state index contributed by atoms with van der Waals surface area (Å²) in [5, 5.41) is 5.56. The number of hydrogen-bond donors (Lipinski definition) is 1. The molecule has 0 aliphatic rings.